The maximum absolute atomic E-state index is 9.11. The number of anilines is 1. The molecule has 17 heavy (non-hydrogen) atoms. The zero-order chi connectivity index (χ0) is 12.4. The van der Waals surface area contributed by atoms with Crippen LogP contribution in [0.3, 0.4) is 0 Å². The first-order valence-corrected chi connectivity index (χ1v) is 5.90. The molecule has 0 atom stereocenters. The summed E-state index contributed by atoms with van der Waals surface area (Å²) in [7, 11) is 0. The number of aromatic nitrogens is 1. The predicted molar refractivity (Wildman–Crippen MR) is 70.5 cm³/mol. The van der Waals surface area contributed by atoms with Crippen molar-refractivity contribution in [3.05, 3.63) is 30.0 Å². The molecule has 2 aromatic rings. The molecule has 1 aromatic carbocycles. The van der Waals surface area contributed by atoms with Crippen molar-refractivity contribution in [2.75, 3.05) is 5.73 Å². The van der Waals surface area contributed by atoms with Gasteiger partial charge in [0, 0.05) is 29.3 Å². The molecule has 0 radical (unpaired) electrons. The van der Waals surface area contributed by atoms with Crippen LogP contribution in [0.1, 0.15) is 25.8 Å². The van der Waals surface area contributed by atoms with Gasteiger partial charge in [-0.05, 0) is 30.5 Å². The standard InChI is InChI=1S/C14H17N3/c1-10(2)5-6-17-9-11(8-15)13-7-12(16)3-4-14(13)17/h3-4,7,9-10H,5-6,16H2,1-2H3. The lowest BCUT2D eigenvalue weighted by Gasteiger charge is -2.07. The van der Waals surface area contributed by atoms with E-state index in [0.29, 0.717) is 17.2 Å². The minimum absolute atomic E-state index is 0.659. The molecular formula is C14H17N3. The summed E-state index contributed by atoms with van der Waals surface area (Å²) in [5, 5.41) is 10.1. The van der Waals surface area contributed by atoms with E-state index in [0.717, 1.165) is 23.9 Å². The first-order chi connectivity index (χ1) is 8.11. The Morgan fingerprint density at radius 1 is 1.41 bits per heavy atom. The number of rotatable bonds is 3. The van der Waals surface area contributed by atoms with Crippen molar-refractivity contribution in [3.8, 4) is 6.07 Å². The number of nitrogens with two attached hydrogens (primary N) is 1. The fourth-order valence-corrected chi connectivity index (χ4v) is 1.99. The number of nitrogen functional groups attached to an aromatic ring is 1. The fourth-order valence-electron chi connectivity index (χ4n) is 1.99. The quantitative estimate of drug-likeness (QED) is 0.819. The van der Waals surface area contributed by atoms with Gasteiger partial charge in [0.25, 0.3) is 0 Å². The summed E-state index contributed by atoms with van der Waals surface area (Å²) in [6, 6.07) is 7.98. The molecule has 0 saturated carbocycles. The van der Waals surface area contributed by atoms with Crippen molar-refractivity contribution in [3.63, 3.8) is 0 Å². The zero-order valence-corrected chi connectivity index (χ0v) is 10.3. The molecule has 3 heteroatoms. The Bertz CT molecular complexity index is 573. The summed E-state index contributed by atoms with van der Waals surface area (Å²) in [6.45, 7) is 5.35. The van der Waals surface area contributed by atoms with Crippen LogP contribution in [-0.4, -0.2) is 4.57 Å². The van der Waals surface area contributed by atoms with Crippen molar-refractivity contribution in [1.29, 1.82) is 5.26 Å². The van der Waals surface area contributed by atoms with E-state index in [2.05, 4.69) is 24.5 Å². The second-order valence-corrected chi connectivity index (χ2v) is 4.81. The lowest BCUT2D eigenvalue weighted by molar-refractivity contribution is 0.524. The molecule has 0 saturated heterocycles. The molecular weight excluding hydrogens is 210 g/mol. The molecule has 1 heterocycles. The number of hydrogen-bond acceptors (Lipinski definition) is 2. The summed E-state index contributed by atoms with van der Waals surface area (Å²) in [4.78, 5) is 0. The third kappa shape index (κ3) is 2.26. The lowest BCUT2D eigenvalue weighted by atomic mass is 10.1. The minimum Gasteiger partial charge on any atom is -0.399 e. The highest BCUT2D eigenvalue weighted by Crippen LogP contribution is 2.24. The van der Waals surface area contributed by atoms with Crippen molar-refractivity contribution in [2.45, 2.75) is 26.8 Å². The van der Waals surface area contributed by atoms with Crippen LogP contribution in [0.25, 0.3) is 10.9 Å². The molecule has 0 aliphatic heterocycles. The van der Waals surface area contributed by atoms with E-state index < -0.39 is 0 Å². The van der Waals surface area contributed by atoms with Crippen molar-refractivity contribution >= 4 is 16.6 Å². The number of nitriles is 1. The highest BCUT2D eigenvalue weighted by Gasteiger charge is 2.08. The Morgan fingerprint density at radius 2 is 2.18 bits per heavy atom. The van der Waals surface area contributed by atoms with Gasteiger partial charge in [0.15, 0.2) is 0 Å². The first-order valence-electron chi connectivity index (χ1n) is 5.90. The van der Waals surface area contributed by atoms with Gasteiger partial charge in [-0.2, -0.15) is 5.26 Å². The summed E-state index contributed by atoms with van der Waals surface area (Å²) < 4.78 is 2.15. The van der Waals surface area contributed by atoms with Crippen LogP contribution in [0.15, 0.2) is 24.4 Å². The van der Waals surface area contributed by atoms with Gasteiger partial charge in [0.1, 0.15) is 6.07 Å². The molecule has 0 amide bonds. The molecule has 0 aliphatic carbocycles. The number of aryl methyl sites for hydroxylation is 1. The lowest BCUT2D eigenvalue weighted by Crippen LogP contribution is -1.99. The van der Waals surface area contributed by atoms with Gasteiger partial charge in [0.05, 0.1) is 5.56 Å². The van der Waals surface area contributed by atoms with E-state index in [1.165, 1.54) is 0 Å². The normalized spacial score (nSPS) is 10.9. The minimum atomic E-state index is 0.659. The van der Waals surface area contributed by atoms with Crippen LogP contribution in [0.5, 0.6) is 0 Å². The van der Waals surface area contributed by atoms with Crippen LogP contribution in [0.4, 0.5) is 5.69 Å². The molecule has 0 fully saturated rings. The van der Waals surface area contributed by atoms with Gasteiger partial charge >= 0.3 is 0 Å². The highest BCUT2D eigenvalue weighted by atomic mass is 15.0. The van der Waals surface area contributed by atoms with E-state index in [1.807, 2.05) is 24.4 Å². The summed E-state index contributed by atoms with van der Waals surface area (Å²) in [5.74, 6) is 0.659. The Hall–Kier alpha value is -1.95. The van der Waals surface area contributed by atoms with Gasteiger partial charge in [-0.15, -0.1) is 0 Å². The van der Waals surface area contributed by atoms with Crippen LogP contribution in [0, 0.1) is 17.2 Å². The van der Waals surface area contributed by atoms with E-state index in [1.54, 1.807) is 0 Å². The summed E-state index contributed by atoms with van der Waals surface area (Å²) in [5.41, 5.74) is 8.26. The SMILES string of the molecule is CC(C)CCn1cc(C#N)c2cc(N)ccc21. The maximum Gasteiger partial charge on any atom is 0.101 e. The molecule has 0 bridgehead atoms. The van der Waals surface area contributed by atoms with E-state index in [4.69, 9.17) is 11.0 Å². The fraction of sp³-hybridized carbons (Fsp3) is 0.357. The molecule has 2 rings (SSSR count). The Morgan fingerprint density at radius 3 is 2.82 bits per heavy atom. The average molecular weight is 227 g/mol. The third-order valence-electron chi connectivity index (χ3n) is 2.97. The predicted octanol–water partition coefficient (Wildman–Crippen LogP) is 3.14. The second kappa shape index (κ2) is 4.50. The summed E-state index contributed by atoms with van der Waals surface area (Å²) >= 11 is 0. The Balaban J connectivity index is 2.47. The van der Waals surface area contributed by atoms with Crippen LogP contribution < -0.4 is 5.73 Å². The van der Waals surface area contributed by atoms with Gasteiger partial charge < -0.3 is 10.3 Å². The van der Waals surface area contributed by atoms with Crippen molar-refractivity contribution in [2.24, 2.45) is 5.92 Å². The number of hydrogen-bond donors (Lipinski definition) is 1. The second-order valence-electron chi connectivity index (χ2n) is 4.81. The summed E-state index contributed by atoms with van der Waals surface area (Å²) in [6.07, 6.45) is 3.03. The van der Waals surface area contributed by atoms with Crippen LogP contribution >= 0.6 is 0 Å². The number of fused-ring (bicyclic) bond motifs is 1. The molecule has 0 spiro atoms. The van der Waals surface area contributed by atoms with E-state index in [9.17, 15) is 0 Å². The van der Waals surface area contributed by atoms with Crippen LogP contribution in [0.2, 0.25) is 0 Å². The first kappa shape index (κ1) is 11.5. The zero-order valence-electron chi connectivity index (χ0n) is 10.3. The Labute approximate surface area is 101 Å². The van der Waals surface area contributed by atoms with Gasteiger partial charge in [-0.25, -0.2) is 0 Å². The molecule has 1 aromatic heterocycles. The highest BCUT2D eigenvalue weighted by molar-refractivity contribution is 5.88. The molecule has 88 valence electrons. The topological polar surface area (TPSA) is 54.7 Å². The van der Waals surface area contributed by atoms with E-state index in [-0.39, 0.29) is 0 Å². The van der Waals surface area contributed by atoms with Gasteiger partial charge in [-0.1, -0.05) is 13.8 Å². The number of nitrogens with zero attached hydrogens (tertiary/aromatic N) is 2. The van der Waals surface area contributed by atoms with Gasteiger partial charge in [0.2, 0.25) is 0 Å². The monoisotopic (exact) mass is 227 g/mol. The Kier molecular flexibility index (Phi) is 3.06. The number of benzene rings is 1. The average Bonchev–Trinajstić information content (AvgIpc) is 2.63. The van der Waals surface area contributed by atoms with Gasteiger partial charge in [-0.3, -0.25) is 0 Å². The smallest absolute Gasteiger partial charge is 0.101 e. The molecule has 3 nitrogen and oxygen atoms in total. The van der Waals surface area contributed by atoms with Crippen LogP contribution in [-0.2, 0) is 6.54 Å². The van der Waals surface area contributed by atoms with Crippen molar-refractivity contribution in [1.82, 2.24) is 4.57 Å². The van der Waals surface area contributed by atoms with Crippen molar-refractivity contribution < 1.29 is 0 Å². The maximum atomic E-state index is 9.11. The largest absolute Gasteiger partial charge is 0.399 e. The molecule has 2 N–H and O–H groups in total. The third-order valence-corrected chi connectivity index (χ3v) is 2.97. The molecule has 0 aliphatic rings. The van der Waals surface area contributed by atoms with E-state index >= 15 is 0 Å². The molecule has 0 unspecified atom stereocenters.